The summed E-state index contributed by atoms with van der Waals surface area (Å²) in [5.74, 6) is -0.699. The first-order valence-electron chi connectivity index (χ1n) is 7.10. The third-order valence-corrected chi connectivity index (χ3v) is 5.57. The number of carbonyl (C=O) groups is 1. The van der Waals surface area contributed by atoms with Gasteiger partial charge in [-0.05, 0) is 56.1 Å². The number of fused-ring (bicyclic) bond motifs is 3. The summed E-state index contributed by atoms with van der Waals surface area (Å²) in [5.41, 5.74) is 0.620. The van der Waals surface area contributed by atoms with E-state index >= 15 is 0 Å². The number of hydrogen-bond acceptors (Lipinski definition) is 4. The first-order chi connectivity index (χ1) is 8.77. The summed E-state index contributed by atoms with van der Waals surface area (Å²) in [6.07, 6.45) is 2.65. The van der Waals surface area contributed by atoms with E-state index in [1.807, 2.05) is 6.92 Å². The van der Waals surface area contributed by atoms with Gasteiger partial charge in [0.1, 0.15) is 6.10 Å². The third-order valence-electron chi connectivity index (χ3n) is 5.57. The molecular formula is C15H22O4. The zero-order chi connectivity index (χ0) is 14.0. The van der Waals surface area contributed by atoms with Crippen molar-refractivity contribution in [3.8, 4) is 0 Å². The highest BCUT2D eigenvalue weighted by atomic mass is 16.6. The van der Waals surface area contributed by atoms with E-state index in [0.29, 0.717) is 0 Å². The van der Waals surface area contributed by atoms with Crippen LogP contribution in [0.2, 0.25) is 0 Å². The van der Waals surface area contributed by atoms with Crippen LogP contribution < -0.4 is 0 Å². The fraction of sp³-hybridized carbons (Fsp3) is 0.800. The Morgan fingerprint density at radius 2 is 1.89 bits per heavy atom. The van der Waals surface area contributed by atoms with Crippen LogP contribution in [0.5, 0.6) is 0 Å². The van der Waals surface area contributed by atoms with E-state index in [-0.39, 0.29) is 17.4 Å². The van der Waals surface area contributed by atoms with Gasteiger partial charge < -0.3 is 14.9 Å². The molecule has 0 aromatic rings. The van der Waals surface area contributed by atoms with Gasteiger partial charge >= 0.3 is 5.97 Å². The topological polar surface area (TPSA) is 66.8 Å². The number of rotatable bonds is 0. The minimum atomic E-state index is -1.39. The number of hydrogen-bond donors (Lipinski definition) is 2. The molecule has 1 saturated carbocycles. The molecule has 3 aliphatic rings. The SMILES string of the molecule is CC1=C2[C@H]3OC(=O)[C@](C)(O)[C@@H]3CC[C@@]2(C)CC[C@@H]1O. The molecule has 1 aliphatic heterocycles. The predicted octanol–water partition coefficient (Wildman–Crippen LogP) is 1.55. The van der Waals surface area contributed by atoms with Crippen LogP contribution in [0.4, 0.5) is 0 Å². The summed E-state index contributed by atoms with van der Waals surface area (Å²) in [6.45, 7) is 5.67. The van der Waals surface area contributed by atoms with Crippen molar-refractivity contribution >= 4 is 5.97 Å². The zero-order valence-electron chi connectivity index (χ0n) is 11.8. The zero-order valence-corrected chi connectivity index (χ0v) is 11.8. The second kappa shape index (κ2) is 3.83. The second-order valence-corrected chi connectivity index (χ2v) is 6.83. The van der Waals surface area contributed by atoms with Gasteiger partial charge in [-0.25, -0.2) is 4.79 Å². The van der Waals surface area contributed by atoms with Gasteiger partial charge in [-0.1, -0.05) is 6.92 Å². The van der Waals surface area contributed by atoms with E-state index in [4.69, 9.17) is 4.74 Å². The van der Waals surface area contributed by atoms with Gasteiger partial charge in [-0.15, -0.1) is 0 Å². The van der Waals surface area contributed by atoms with Gasteiger partial charge in [-0.3, -0.25) is 0 Å². The monoisotopic (exact) mass is 266 g/mol. The Morgan fingerprint density at radius 1 is 1.26 bits per heavy atom. The molecule has 3 rings (SSSR count). The van der Waals surface area contributed by atoms with Crippen LogP contribution in [0.25, 0.3) is 0 Å². The van der Waals surface area contributed by atoms with Crippen LogP contribution in [-0.4, -0.2) is 34.0 Å². The van der Waals surface area contributed by atoms with Crippen molar-refractivity contribution in [1.82, 2.24) is 0 Å². The maximum atomic E-state index is 11.9. The second-order valence-electron chi connectivity index (χ2n) is 6.83. The van der Waals surface area contributed by atoms with Gasteiger partial charge in [0.25, 0.3) is 0 Å². The summed E-state index contributed by atoms with van der Waals surface area (Å²) in [4.78, 5) is 11.9. The highest BCUT2D eigenvalue weighted by Crippen LogP contribution is 2.56. The van der Waals surface area contributed by atoms with Gasteiger partial charge in [-0.2, -0.15) is 0 Å². The van der Waals surface area contributed by atoms with E-state index < -0.39 is 17.7 Å². The largest absolute Gasteiger partial charge is 0.455 e. The van der Waals surface area contributed by atoms with Gasteiger partial charge in [0.2, 0.25) is 0 Å². The molecule has 0 amide bonds. The summed E-state index contributed by atoms with van der Waals surface area (Å²) < 4.78 is 5.48. The van der Waals surface area contributed by atoms with Crippen molar-refractivity contribution in [2.75, 3.05) is 0 Å². The average Bonchev–Trinajstić information content (AvgIpc) is 2.55. The maximum absolute atomic E-state index is 11.9. The fourth-order valence-electron chi connectivity index (χ4n) is 4.22. The summed E-state index contributed by atoms with van der Waals surface area (Å²) in [6, 6.07) is 0. The van der Waals surface area contributed by atoms with Crippen molar-refractivity contribution in [3.05, 3.63) is 11.1 Å². The molecular weight excluding hydrogens is 244 g/mol. The van der Waals surface area contributed by atoms with E-state index in [2.05, 4.69) is 6.92 Å². The Labute approximate surface area is 113 Å². The molecule has 0 radical (unpaired) electrons. The van der Waals surface area contributed by atoms with Crippen molar-refractivity contribution in [2.45, 2.75) is 64.3 Å². The molecule has 4 heteroatoms. The lowest BCUT2D eigenvalue weighted by Crippen LogP contribution is -2.46. The van der Waals surface area contributed by atoms with Crippen LogP contribution in [0.1, 0.15) is 46.5 Å². The highest BCUT2D eigenvalue weighted by molar-refractivity contribution is 5.82. The number of ether oxygens (including phenoxy) is 1. The van der Waals surface area contributed by atoms with Gasteiger partial charge in [0.15, 0.2) is 5.60 Å². The Hall–Kier alpha value is -0.870. The van der Waals surface area contributed by atoms with Gasteiger partial charge in [0.05, 0.1) is 6.10 Å². The van der Waals surface area contributed by atoms with Crippen LogP contribution in [0, 0.1) is 11.3 Å². The number of aliphatic hydroxyl groups excluding tert-OH is 1. The normalized spacial score (nSPS) is 49.7. The van der Waals surface area contributed by atoms with Crippen molar-refractivity contribution in [1.29, 1.82) is 0 Å². The highest BCUT2D eigenvalue weighted by Gasteiger charge is 2.60. The molecule has 2 N–H and O–H groups in total. The minimum absolute atomic E-state index is 0.00514. The van der Waals surface area contributed by atoms with Crippen LogP contribution >= 0.6 is 0 Å². The van der Waals surface area contributed by atoms with E-state index in [0.717, 1.165) is 36.8 Å². The van der Waals surface area contributed by atoms with Crippen molar-refractivity contribution in [3.63, 3.8) is 0 Å². The van der Waals surface area contributed by atoms with Crippen LogP contribution in [0.15, 0.2) is 11.1 Å². The molecule has 1 heterocycles. The molecule has 2 aliphatic carbocycles. The lowest BCUT2D eigenvalue weighted by molar-refractivity contribution is -0.153. The molecule has 0 unspecified atom stereocenters. The lowest BCUT2D eigenvalue weighted by Gasteiger charge is -2.47. The summed E-state index contributed by atoms with van der Waals surface area (Å²) in [7, 11) is 0. The Kier molecular flexibility index (Phi) is 2.64. The number of carbonyl (C=O) groups excluding carboxylic acids is 1. The maximum Gasteiger partial charge on any atom is 0.338 e. The summed E-state index contributed by atoms with van der Waals surface area (Å²) >= 11 is 0. The molecule has 0 spiro atoms. The quantitative estimate of drug-likeness (QED) is 0.515. The molecule has 0 aromatic carbocycles. The molecule has 5 atom stereocenters. The molecule has 2 fully saturated rings. The molecule has 0 bridgehead atoms. The Morgan fingerprint density at radius 3 is 2.58 bits per heavy atom. The van der Waals surface area contributed by atoms with Crippen molar-refractivity contribution < 1.29 is 19.7 Å². The smallest absolute Gasteiger partial charge is 0.338 e. The Bertz CT molecular complexity index is 465. The predicted molar refractivity (Wildman–Crippen MR) is 69.3 cm³/mol. The van der Waals surface area contributed by atoms with Crippen LogP contribution in [0.3, 0.4) is 0 Å². The first-order valence-corrected chi connectivity index (χ1v) is 7.10. The molecule has 4 nitrogen and oxygen atoms in total. The number of esters is 1. The van der Waals surface area contributed by atoms with Gasteiger partial charge in [0, 0.05) is 5.92 Å². The Balaban J connectivity index is 2.08. The average molecular weight is 266 g/mol. The standard InChI is InChI=1S/C15H22O4/c1-8-10(16)5-7-14(2)6-4-9-12(11(8)14)19-13(17)15(9,3)18/h9-10,12,16,18H,4-7H2,1-3H3/t9-,10+,12+,14+,15-/m1/s1. The van der Waals surface area contributed by atoms with E-state index in [1.165, 1.54) is 0 Å². The van der Waals surface area contributed by atoms with E-state index in [9.17, 15) is 15.0 Å². The third kappa shape index (κ3) is 1.62. The number of aliphatic hydroxyl groups is 2. The minimum Gasteiger partial charge on any atom is -0.455 e. The molecule has 106 valence electrons. The fourth-order valence-corrected chi connectivity index (χ4v) is 4.22. The molecule has 0 aromatic heterocycles. The molecule has 19 heavy (non-hydrogen) atoms. The summed E-state index contributed by atoms with van der Waals surface area (Å²) in [5, 5.41) is 20.4. The first kappa shape index (κ1) is 13.1. The van der Waals surface area contributed by atoms with Crippen molar-refractivity contribution in [2.24, 2.45) is 11.3 Å². The molecule has 1 saturated heterocycles. The lowest BCUT2D eigenvalue weighted by atomic mass is 9.58. The van der Waals surface area contributed by atoms with Crippen LogP contribution in [-0.2, 0) is 9.53 Å². The van der Waals surface area contributed by atoms with E-state index in [1.54, 1.807) is 6.92 Å².